The SMILES string of the molecule is C1CCCCCOOC2(CCCCC1)OO2.O=C(O)O.O=C(O)O. The van der Waals surface area contributed by atoms with Crippen LogP contribution in [0, 0.1) is 0 Å². The predicted octanol–water partition coefficient (Wildman–Crippen LogP) is 3.91. The molecule has 0 aromatic heterocycles. The van der Waals surface area contributed by atoms with Crippen LogP contribution in [0.15, 0.2) is 0 Å². The van der Waals surface area contributed by atoms with E-state index in [1.54, 1.807) is 0 Å². The summed E-state index contributed by atoms with van der Waals surface area (Å²) < 4.78 is 0. The van der Waals surface area contributed by atoms with Crippen LogP contribution in [-0.2, 0) is 19.6 Å². The third kappa shape index (κ3) is 16.7. The van der Waals surface area contributed by atoms with Crippen LogP contribution in [-0.4, -0.2) is 45.3 Å². The quantitative estimate of drug-likeness (QED) is 0.371. The summed E-state index contributed by atoms with van der Waals surface area (Å²) in [4.78, 5) is 37.1. The first-order valence-corrected chi connectivity index (χ1v) is 7.89. The lowest BCUT2D eigenvalue weighted by Crippen LogP contribution is -2.16. The lowest BCUT2D eigenvalue weighted by atomic mass is 10.1. The van der Waals surface area contributed by atoms with Crippen LogP contribution in [0.3, 0.4) is 0 Å². The molecule has 0 amide bonds. The summed E-state index contributed by atoms with van der Waals surface area (Å²) in [5, 5.41) is 27.9. The number of carboxylic acid groups (broad SMARTS) is 4. The monoisotopic (exact) mass is 354 g/mol. The molecule has 4 N–H and O–H groups in total. The molecule has 0 saturated carbocycles. The summed E-state index contributed by atoms with van der Waals surface area (Å²) in [5.41, 5.74) is 0. The average molecular weight is 354 g/mol. The van der Waals surface area contributed by atoms with Crippen molar-refractivity contribution in [2.75, 3.05) is 6.61 Å². The fraction of sp³-hybridized carbons (Fsp3) is 0.857. The largest absolute Gasteiger partial charge is 0.503 e. The van der Waals surface area contributed by atoms with Gasteiger partial charge in [0.1, 0.15) is 0 Å². The van der Waals surface area contributed by atoms with Crippen LogP contribution in [0.2, 0.25) is 0 Å². The minimum absolute atomic E-state index is 0.633. The number of hydrogen-bond donors (Lipinski definition) is 4. The van der Waals surface area contributed by atoms with Gasteiger partial charge in [0.2, 0.25) is 0 Å². The van der Waals surface area contributed by atoms with Crippen LogP contribution >= 0.6 is 0 Å². The molecule has 2 saturated heterocycles. The molecule has 24 heavy (non-hydrogen) atoms. The van der Waals surface area contributed by atoms with Gasteiger partial charge >= 0.3 is 18.3 Å². The molecule has 2 fully saturated rings. The van der Waals surface area contributed by atoms with Crippen LogP contribution in [0.1, 0.15) is 64.2 Å². The molecule has 0 aliphatic carbocycles. The molecular formula is C14H26O10. The Kier molecular flexibility index (Phi) is 12.9. The first-order valence-electron chi connectivity index (χ1n) is 7.89. The minimum atomic E-state index is -1.83. The zero-order valence-corrected chi connectivity index (χ0v) is 13.5. The molecule has 0 unspecified atom stereocenters. The summed E-state index contributed by atoms with van der Waals surface area (Å²) in [6, 6.07) is 0. The highest BCUT2D eigenvalue weighted by Crippen LogP contribution is 2.36. The van der Waals surface area contributed by atoms with Gasteiger partial charge in [-0.2, -0.15) is 14.7 Å². The fourth-order valence-corrected chi connectivity index (χ4v) is 2.07. The number of hydrogen-bond acceptors (Lipinski definition) is 6. The summed E-state index contributed by atoms with van der Waals surface area (Å²) in [7, 11) is 0. The van der Waals surface area contributed by atoms with Crippen LogP contribution in [0.5, 0.6) is 0 Å². The van der Waals surface area contributed by atoms with E-state index in [0.29, 0.717) is 6.61 Å². The molecular weight excluding hydrogens is 328 g/mol. The molecule has 2 aliphatic heterocycles. The van der Waals surface area contributed by atoms with Crippen molar-refractivity contribution in [2.45, 2.75) is 70.2 Å². The van der Waals surface area contributed by atoms with Gasteiger partial charge in [-0.3, -0.25) is 0 Å². The topological polar surface area (TPSA) is 159 Å². The second kappa shape index (κ2) is 13.8. The molecule has 0 bridgehead atoms. The van der Waals surface area contributed by atoms with E-state index in [-0.39, 0.29) is 0 Å². The molecule has 10 heteroatoms. The highest BCUT2D eigenvalue weighted by molar-refractivity contribution is 5.53. The van der Waals surface area contributed by atoms with Gasteiger partial charge in [0.15, 0.2) is 0 Å². The normalized spacial score (nSPS) is 21.0. The van der Waals surface area contributed by atoms with Crippen molar-refractivity contribution in [3.63, 3.8) is 0 Å². The highest BCUT2D eigenvalue weighted by Gasteiger charge is 2.52. The van der Waals surface area contributed by atoms with Gasteiger partial charge in [0.25, 0.3) is 0 Å². The zero-order valence-electron chi connectivity index (χ0n) is 13.5. The molecule has 0 radical (unpaired) electrons. The van der Waals surface area contributed by atoms with E-state index >= 15 is 0 Å². The maximum absolute atomic E-state index is 8.56. The van der Waals surface area contributed by atoms with Crippen LogP contribution in [0.4, 0.5) is 9.59 Å². The van der Waals surface area contributed by atoms with Gasteiger partial charge in [0.05, 0.1) is 6.61 Å². The van der Waals surface area contributed by atoms with Gasteiger partial charge in [-0.25, -0.2) is 14.5 Å². The molecule has 0 aromatic carbocycles. The Hall–Kier alpha value is -1.62. The first-order chi connectivity index (χ1) is 11.4. The molecule has 142 valence electrons. The Morgan fingerprint density at radius 3 is 1.42 bits per heavy atom. The fourth-order valence-electron chi connectivity index (χ4n) is 2.07. The minimum Gasteiger partial charge on any atom is -0.450 e. The van der Waals surface area contributed by atoms with Gasteiger partial charge in [-0.15, -0.1) is 0 Å². The van der Waals surface area contributed by atoms with Crippen LogP contribution in [0.25, 0.3) is 0 Å². The molecule has 2 heterocycles. The summed E-state index contributed by atoms with van der Waals surface area (Å²) >= 11 is 0. The van der Waals surface area contributed by atoms with Crippen molar-refractivity contribution >= 4 is 12.3 Å². The van der Waals surface area contributed by atoms with E-state index in [2.05, 4.69) is 0 Å². The Morgan fingerprint density at radius 1 is 0.625 bits per heavy atom. The second-order valence-electron chi connectivity index (χ2n) is 5.25. The lowest BCUT2D eigenvalue weighted by molar-refractivity contribution is -0.368. The molecule has 2 rings (SSSR count). The van der Waals surface area contributed by atoms with Gasteiger partial charge in [-0.05, 0) is 12.8 Å². The second-order valence-corrected chi connectivity index (χ2v) is 5.25. The smallest absolute Gasteiger partial charge is 0.450 e. The predicted molar refractivity (Wildman–Crippen MR) is 79.4 cm³/mol. The number of carbonyl (C=O) groups is 2. The summed E-state index contributed by atoms with van der Waals surface area (Å²) in [6.07, 6.45) is 8.36. The van der Waals surface area contributed by atoms with E-state index in [4.69, 9.17) is 49.6 Å². The maximum Gasteiger partial charge on any atom is 0.503 e. The molecule has 0 atom stereocenters. The zero-order chi connectivity index (χ0) is 18.3. The summed E-state index contributed by atoms with van der Waals surface area (Å²) in [6.45, 7) is 0.633. The highest BCUT2D eigenvalue weighted by atomic mass is 17.5. The Labute approximate surface area is 139 Å². The Morgan fingerprint density at radius 2 is 1.00 bits per heavy atom. The van der Waals surface area contributed by atoms with E-state index in [1.807, 2.05) is 0 Å². The van der Waals surface area contributed by atoms with Crippen LogP contribution < -0.4 is 0 Å². The van der Waals surface area contributed by atoms with Crippen molar-refractivity contribution in [3.05, 3.63) is 0 Å². The van der Waals surface area contributed by atoms with Gasteiger partial charge in [-0.1, -0.05) is 44.9 Å². The third-order valence-corrected chi connectivity index (χ3v) is 3.17. The summed E-state index contributed by atoms with van der Waals surface area (Å²) in [5.74, 6) is -0.857. The van der Waals surface area contributed by atoms with Crippen molar-refractivity contribution in [1.82, 2.24) is 0 Å². The number of rotatable bonds is 0. The van der Waals surface area contributed by atoms with Crippen molar-refractivity contribution in [3.8, 4) is 0 Å². The van der Waals surface area contributed by atoms with Gasteiger partial charge in [0, 0.05) is 6.42 Å². The van der Waals surface area contributed by atoms with Crippen molar-refractivity contribution in [2.24, 2.45) is 0 Å². The Balaban J connectivity index is 0.000000558. The molecule has 0 aromatic rings. The van der Waals surface area contributed by atoms with E-state index in [0.717, 1.165) is 19.3 Å². The first kappa shape index (κ1) is 22.4. The average Bonchev–Trinajstić information content (AvgIpc) is 3.23. The third-order valence-electron chi connectivity index (χ3n) is 3.17. The maximum atomic E-state index is 8.56. The standard InChI is InChI=1S/C12H22O4.2CH2O3/c1-2-4-6-8-10-12(15-16-12)14-13-11-9-7-5-3-1;2*2-1(3)4/h1-11H2;2*(H2,2,3,4). The Bertz CT molecular complexity index is 306. The molecule has 1 spiro atoms. The van der Waals surface area contributed by atoms with E-state index in [9.17, 15) is 0 Å². The van der Waals surface area contributed by atoms with Crippen molar-refractivity contribution in [1.29, 1.82) is 0 Å². The van der Waals surface area contributed by atoms with E-state index in [1.165, 1.54) is 44.9 Å². The van der Waals surface area contributed by atoms with Crippen molar-refractivity contribution < 1.29 is 49.6 Å². The molecule has 10 nitrogen and oxygen atoms in total. The van der Waals surface area contributed by atoms with Gasteiger partial charge < -0.3 is 20.4 Å². The molecule has 2 aliphatic rings. The van der Waals surface area contributed by atoms with E-state index < -0.39 is 18.3 Å². The lowest BCUT2D eigenvalue weighted by Gasteiger charge is -2.09.